The summed E-state index contributed by atoms with van der Waals surface area (Å²) >= 11 is 0. The van der Waals surface area contributed by atoms with E-state index < -0.39 is 0 Å². The van der Waals surface area contributed by atoms with E-state index in [1.54, 1.807) is 0 Å². The average molecular weight is 320 g/mol. The van der Waals surface area contributed by atoms with Gasteiger partial charge in [0.15, 0.2) is 5.82 Å². The zero-order valence-electron chi connectivity index (χ0n) is 13.8. The Morgan fingerprint density at radius 3 is 2.58 bits per heavy atom. The number of hydrogen-bond acceptors (Lipinski definition) is 4. The minimum atomic E-state index is -0.0301. The SMILES string of the molecule is Cc1cccc(NC(=O)CCNc2nnc(C)c3ccccc23)c1. The molecular formula is C19H20N4O. The van der Waals surface area contributed by atoms with E-state index in [1.165, 1.54) is 0 Å². The quantitative estimate of drug-likeness (QED) is 0.752. The first-order valence-electron chi connectivity index (χ1n) is 7.96. The first kappa shape index (κ1) is 15.9. The Balaban J connectivity index is 1.61. The maximum absolute atomic E-state index is 12.0. The van der Waals surface area contributed by atoms with Crippen LogP contribution in [0.3, 0.4) is 0 Å². The van der Waals surface area contributed by atoms with Gasteiger partial charge in [-0.25, -0.2) is 0 Å². The van der Waals surface area contributed by atoms with Crippen LogP contribution in [0.4, 0.5) is 11.5 Å². The van der Waals surface area contributed by atoms with Crippen molar-refractivity contribution in [2.24, 2.45) is 0 Å². The van der Waals surface area contributed by atoms with Gasteiger partial charge < -0.3 is 10.6 Å². The number of rotatable bonds is 5. The van der Waals surface area contributed by atoms with Crippen LogP contribution in [0.5, 0.6) is 0 Å². The lowest BCUT2D eigenvalue weighted by atomic mass is 10.1. The lowest BCUT2D eigenvalue weighted by Gasteiger charge is -2.10. The van der Waals surface area contributed by atoms with Crippen molar-refractivity contribution in [1.82, 2.24) is 10.2 Å². The third-order valence-electron chi connectivity index (χ3n) is 3.82. The summed E-state index contributed by atoms with van der Waals surface area (Å²) in [5, 5.41) is 16.6. The summed E-state index contributed by atoms with van der Waals surface area (Å²) in [6, 6.07) is 15.7. The van der Waals surface area contributed by atoms with Crippen LogP contribution in [0.25, 0.3) is 10.8 Å². The van der Waals surface area contributed by atoms with Gasteiger partial charge in [-0.15, -0.1) is 5.10 Å². The highest BCUT2D eigenvalue weighted by Crippen LogP contribution is 2.22. The number of amides is 1. The molecule has 2 N–H and O–H groups in total. The van der Waals surface area contributed by atoms with Crippen LogP contribution >= 0.6 is 0 Å². The number of benzene rings is 2. The summed E-state index contributed by atoms with van der Waals surface area (Å²) < 4.78 is 0. The molecule has 0 spiro atoms. The molecule has 0 aliphatic carbocycles. The Hall–Kier alpha value is -2.95. The Labute approximate surface area is 141 Å². The molecule has 0 aliphatic heterocycles. The highest BCUT2D eigenvalue weighted by molar-refractivity contribution is 5.93. The molecule has 3 aromatic rings. The first-order chi connectivity index (χ1) is 11.6. The Kier molecular flexibility index (Phi) is 4.70. The zero-order valence-corrected chi connectivity index (χ0v) is 13.8. The highest BCUT2D eigenvalue weighted by Gasteiger charge is 2.07. The normalized spacial score (nSPS) is 10.6. The van der Waals surface area contributed by atoms with Crippen LogP contribution < -0.4 is 10.6 Å². The van der Waals surface area contributed by atoms with E-state index in [1.807, 2.05) is 62.4 Å². The van der Waals surface area contributed by atoms with Gasteiger partial charge in [-0.3, -0.25) is 4.79 Å². The van der Waals surface area contributed by atoms with Crippen molar-refractivity contribution < 1.29 is 4.79 Å². The Morgan fingerprint density at radius 1 is 1.00 bits per heavy atom. The van der Waals surface area contributed by atoms with E-state index in [0.29, 0.717) is 18.8 Å². The van der Waals surface area contributed by atoms with Crippen LogP contribution in [0.2, 0.25) is 0 Å². The van der Waals surface area contributed by atoms with Gasteiger partial charge in [-0.05, 0) is 31.5 Å². The molecule has 0 atom stereocenters. The van der Waals surface area contributed by atoms with Gasteiger partial charge in [0.05, 0.1) is 5.69 Å². The molecule has 0 radical (unpaired) electrons. The van der Waals surface area contributed by atoms with Crippen LogP contribution in [-0.4, -0.2) is 22.6 Å². The van der Waals surface area contributed by atoms with Gasteiger partial charge >= 0.3 is 0 Å². The third-order valence-corrected chi connectivity index (χ3v) is 3.82. The van der Waals surface area contributed by atoms with Crippen molar-refractivity contribution in [3.63, 3.8) is 0 Å². The fourth-order valence-corrected chi connectivity index (χ4v) is 2.61. The number of hydrogen-bond donors (Lipinski definition) is 2. The second kappa shape index (κ2) is 7.08. The molecule has 0 unspecified atom stereocenters. The molecule has 0 aliphatic rings. The molecule has 5 nitrogen and oxygen atoms in total. The molecule has 122 valence electrons. The number of nitrogens with zero attached hydrogens (tertiary/aromatic N) is 2. The molecule has 1 amide bonds. The van der Waals surface area contributed by atoms with E-state index >= 15 is 0 Å². The number of anilines is 2. The lowest BCUT2D eigenvalue weighted by molar-refractivity contribution is -0.115. The largest absolute Gasteiger partial charge is 0.368 e. The van der Waals surface area contributed by atoms with Crippen LogP contribution in [0, 0.1) is 13.8 Å². The maximum atomic E-state index is 12.0. The molecule has 24 heavy (non-hydrogen) atoms. The van der Waals surface area contributed by atoms with Crippen LogP contribution in [0.1, 0.15) is 17.7 Å². The van der Waals surface area contributed by atoms with Crippen molar-refractivity contribution in [2.75, 3.05) is 17.2 Å². The summed E-state index contributed by atoms with van der Waals surface area (Å²) in [6.45, 7) is 4.44. The topological polar surface area (TPSA) is 66.9 Å². The summed E-state index contributed by atoms with van der Waals surface area (Å²) in [5.41, 5.74) is 2.83. The molecule has 2 aromatic carbocycles. The first-order valence-corrected chi connectivity index (χ1v) is 7.96. The summed E-state index contributed by atoms with van der Waals surface area (Å²) in [7, 11) is 0. The number of aromatic nitrogens is 2. The summed E-state index contributed by atoms with van der Waals surface area (Å²) in [6.07, 6.45) is 0.359. The monoisotopic (exact) mass is 320 g/mol. The standard InChI is InChI=1S/C19H20N4O/c1-13-6-5-7-15(12-13)21-18(24)10-11-20-19-17-9-4-3-8-16(17)14(2)22-23-19/h3-9,12H,10-11H2,1-2H3,(H,20,23)(H,21,24). The number of carbonyl (C=O) groups excluding carboxylic acids is 1. The average Bonchev–Trinajstić information content (AvgIpc) is 2.57. The Morgan fingerprint density at radius 2 is 1.79 bits per heavy atom. The predicted molar refractivity (Wildman–Crippen MR) is 97.2 cm³/mol. The zero-order chi connectivity index (χ0) is 16.9. The van der Waals surface area contributed by atoms with Gasteiger partial charge in [-0.2, -0.15) is 5.10 Å². The van der Waals surface area contributed by atoms with E-state index in [9.17, 15) is 4.79 Å². The molecule has 3 rings (SSSR count). The van der Waals surface area contributed by atoms with E-state index in [2.05, 4.69) is 20.8 Å². The molecule has 5 heteroatoms. The fraction of sp³-hybridized carbons (Fsp3) is 0.211. The summed E-state index contributed by atoms with van der Waals surface area (Å²) in [4.78, 5) is 12.0. The molecular weight excluding hydrogens is 300 g/mol. The Bertz CT molecular complexity index is 876. The van der Waals surface area contributed by atoms with Gasteiger partial charge in [0.1, 0.15) is 0 Å². The second-order valence-corrected chi connectivity index (χ2v) is 5.77. The van der Waals surface area contributed by atoms with Gasteiger partial charge in [0, 0.05) is 29.4 Å². The van der Waals surface area contributed by atoms with Crippen molar-refractivity contribution in [3.05, 3.63) is 59.8 Å². The maximum Gasteiger partial charge on any atom is 0.226 e. The molecule has 0 fully saturated rings. The van der Waals surface area contributed by atoms with E-state index in [4.69, 9.17) is 0 Å². The predicted octanol–water partition coefficient (Wildman–Crippen LogP) is 3.69. The number of nitrogens with one attached hydrogen (secondary N) is 2. The molecule has 0 saturated carbocycles. The second-order valence-electron chi connectivity index (χ2n) is 5.77. The van der Waals surface area contributed by atoms with Crippen molar-refractivity contribution in [2.45, 2.75) is 20.3 Å². The number of fused-ring (bicyclic) bond motifs is 1. The smallest absolute Gasteiger partial charge is 0.226 e. The summed E-state index contributed by atoms with van der Waals surface area (Å²) in [5.74, 6) is 0.678. The fourth-order valence-electron chi connectivity index (χ4n) is 2.61. The number of carbonyl (C=O) groups is 1. The molecule has 1 aromatic heterocycles. The minimum Gasteiger partial charge on any atom is -0.368 e. The minimum absolute atomic E-state index is 0.0301. The molecule has 0 bridgehead atoms. The lowest BCUT2D eigenvalue weighted by Crippen LogP contribution is -2.17. The van der Waals surface area contributed by atoms with Gasteiger partial charge in [0.25, 0.3) is 0 Å². The van der Waals surface area contributed by atoms with Gasteiger partial charge in [-0.1, -0.05) is 36.4 Å². The van der Waals surface area contributed by atoms with Crippen molar-refractivity contribution in [3.8, 4) is 0 Å². The van der Waals surface area contributed by atoms with Crippen LogP contribution in [0.15, 0.2) is 48.5 Å². The number of aryl methyl sites for hydroxylation is 2. The molecule has 0 saturated heterocycles. The molecule has 1 heterocycles. The third kappa shape index (κ3) is 3.68. The highest BCUT2D eigenvalue weighted by atomic mass is 16.1. The van der Waals surface area contributed by atoms with Crippen LogP contribution in [-0.2, 0) is 4.79 Å². The van der Waals surface area contributed by atoms with E-state index in [-0.39, 0.29) is 5.91 Å². The van der Waals surface area contributed by atoms with Gasteiger partial charge in [0.2, 0.25) is 5.91 Å². The van der Waals surface area contributed by atoms with E-state index in [0.717, 1.165) is 27.7 Å². The van der Waals surface area contributed by atoms with Crippen molar-refractivity contribution in [1.29, 1.82) is 0 Å². The van der Waals surface area contributed by atoms with Crippen molar-refractivity contribution >= 4 is 28.2 Å².